The van der Waals surface area contributed by atoms with Crippen molar-refractivity contribution in [1.82, 2.24) is 84.0 Å². The number of pyridine rings is 1. The van der Waals surface area contributed by atoms with E-state index in [4.69, 9.17) is 32.4 Å². The molecule has 24 N–H and O–H groups in total. The van der Waals surface area contributed by atoms with E-state index >= 15 is 28.8 Å². The number of rotatable bonds is 39. The Kier molecular flexibility index (Phi) is 38.5. The second-order valence-corrected chi connectivity index (χ2v) is 37.2. The average molecular weight is 1880 g/mol. The highest BCUT2D eigenvalue weighted by Gasteiger charge is 2.49. The molecule has 0 bridgehead atoms. The number of carboxylic acid groups (broad SMARTS) is 1. The Morgan fingerprint density at radius 2 is 1.26 bits per heavy atom. The van der Waals surface area contributed by atoms with Crippen molar-refractivity contribution in [3.05, 3.63) is 143 Å². The first-order chi connectivity index (χ1) is 62.9. The van der Waals surface area contributed by atoms with Crippen molar-refractivity contribution in [3.8, 4) is 5.75 Å². The zero-order chi connectivity index (χ0) is 97.8. The summed E-state index contributed by atoms with van der Waals surface area (Å²) in [4.78, 5) is 266. The van der Waals surface area contributed by atoms with Crippen LogP contribution in [0.1, 0.15) is 128 Å². The van der Waals surface area contributed by atoms with Crippen LogP contribution in [-0.2, 0) is 117 Å². The van der Waals surface area contributed by atoms with Gasteiger partial charge in [-0.25, -0.2) is 0 Å². The largest absolute Gasteiger partial charge is 0.492 e. The zero-order valence-corrected chi connectivity index (χ0v) is 76.8. The molecule has 8 rings (SSSR count). The van der Waals surface area contributed by atoms with Crippen molar-refractivity contribution < 1.29 is 106 Å². The fourth-order valence-electron chi connectivity index (χ4n) is 15.0. The number of unbranched alkanes of at least 4 members (excludes halogenated alkanes) is 1. The van der Waals surface area contributed by atoms with E-state index in [0.717, 1.165) is 51.3 Å². The summed E-state index contributed by atoms with van der Waals surface area (Å²) in [6.07, 6.45) is -1.89. The molecule has 17 amide bonds. The number of ether oxygens (including phenoxy) is 2. The van der Waals surface area contributed by atoms with Crippen LogP contribution in [-0.4, -0.2) is 266 Å². The molecule has 4 aromatic carbocycles. The van der Waals surface area contributed by atoms with Crippen molar-refractivity contribution in [2.75, 3.05) is 46.5 Å². The van der Waals surface area contributed by atoms with Crippen molar-refractivity contribution >= 4 is 150 Å². The topological polar surface area (TPSA) is 659 Å². The van der Waals surface area contributed by atoms with Gasteiger partial charge in [0.2, 0.25) is 94.5 Å². The highest BCUT2D eigenvalue weighted by atomic mass is 33.1. The predicted octanol–water partition coefficient (Wildman–Crippen LogP) is -2.54. The number of aliphatic hydroxyl groups is 1. The molecule has 2 aliphatic rings. The molecule has 0 unspecified atom stereocenters. The van der Waals surface area contributed by atoms with Gasteiger partial charge < -0.3 is 122 Å². The first-order valence-electron chi connectivity index (χ1n) is 43.1. The Bertz CT molecular complexity index is 5250. The summed E-state index contributed by atoms with van der Waals surface area (Å²) in [6, 6.07) is 6.89. The summed E-state index contributed by atoms with van der Waals surface area (Å²) in [5.41, 5.74) is 23.5. The SMILES string of the molecule is CC(=O)NCCCC[C@@H]1NC(=O)[C@H](Cc2c[nH]c3c(C)cccc23)NC(=O)[C@H]([C@@H](C)O)NC(=O)[C@H](CC(N)=O)NC(=O)[C@@H](NC(C)=O)C(C)(C)SSC(C)(C)[C@@H](C(=O)N[C@@H](Cc2ccc(OCCN)cc2)C(=O)N[C@@H](Cc2ccc3ccccc3c2)C(=O)NC2(C(=O)N[C@@H](CCC(=O)O)C(=O)N[C@@H](C(N)=O)C(=O)N[C@@H](Cc3cccnc3)C(=O)N(C)CC(N)=O)CCOCC2)NC1=O. The minimum Gasteiger partial charge on any atom is -0.492 e. The molecule has 42 nitrogen and oxygen atoms in total. The van der Waals surface area contributed by atoms with Gasteiger partial charge in [-0.15, -0.1) is 0 Å². The quantitative estimate of drug-likeness (QED) is 0.0107. The molecule has 2 aromatic heterocycles. The molecule has 12 atom stereocenters. The van der Waals surface area contributed by atoms with E-state index in [1.165, 1.54) is 60.1 Å². The van der Waals surface area contributed by atoms with Crippen molar-refractivity contribution in [1.29, 1.82) is 0 Å². The Morgan fingerprint density at radius 3 is 1.90 bits per heavy atom. The summed E-state index contributed by atoms with van der Waals surface area (Å²) in [6.45, 7) is 10.6. The van der Waals surface area contributed by atoms with Crippen LogP contribution < -0.4 is 96.8 Å². The summed E-state index contributed by atoms with van der Waals surface area (Å²) in [7, 11) is 2.98. The van der Waals surface area contributed by atoms with Gasteiger partial charge in [-0.1, -0.05) is 100 Å². The number of hydrogen-bond donors (Lipinski definition) is 20. The number of likely N-dealkylation sites (N-methyl/N-ethyl adjacent to an activating group) is 1. The molecule has 0 spiro atoms. The Balaban J connectivity index is 1.22. The second kappa shape index (κ2) is 48.7. The molecule has 0 radical (unpaired) electrons. The van der Waals surface area contributed by atoms with Gasteiger partial charge in [-0.2, -0.15) is 0 Å². The van der Waals surface area contributed by atoms with Gasteiger partial charge in [0.15, 0.2) is 6.04 Å². The number of H-pyrrole nitrogens is 1. The number of benzene rings is 4. The number of carbonyl (C=O) groups is 18. The number of nitrogens with one attached hydrogen (secondary N) is 14. The molecular formula is C89H118N20O22S2. The summed E-state index contributed by atoms with van der Waals surface area (Å²) in [5, 5.41) is 57.2. The van der Waals surface area contributed by atoms with Crippen LogP contribution >= 0.6 is 21.6 Å². The number of para-hydroxylation sites is 1. The highest BCUT2D eigenvalue weighted by molar-refractivity contribution is 8.77. The van der Waals surface area contributed by atoms with Gasteiger partial charge in [0.1, 0.15) is 78.3 Å². The monoisotopic (exact) mass is 1880 g/mol. The number of nitrogens with zero attached hydrogens (tertiary/aromatic N) is 2. The molecule has 0 aliphatic carbocycles. The number of fused-ring (bicyclic) bond motifs is 2. The van der Waals surface area contributed by atoms with E-state index in [1.807, 2.05) is 19.1 Å². The van der Waals surface area contributed by atoms with Crippen molar-refractivity contribution in [2.45, 2.75) is 220 Å². The summed E-state index contributed by atoms with van der Waals surface area (Å²) >= 11 is 0. The van der Waals surface area contributed by atoms with E-state index in [9.17, 15) is 67.7 Å². The van der Waals surface area contributed by atoms with Crippen LogP contribution in [0.4, 0.5) is 0 Å². The maximum atomic E-state index is 16.3. The van der Waals surface area contributed by atoms with E-state index in [2.05, 4.69) is 79.1 Å². The number of carbonyl (C=O) groups excluding carboxylic acids is 17. The van der Waals surface area contributed by atoms with E-state index in [0.29, 0.717) is 44.3 Å². The standard InChI is InChI=1S/C89H118N20O22S2/c1-47-16-14-20-58-56(45-96-69(47)58)42-63-78(121)98-59(21-12-13-34-95-49(3)111)76(119)107-73(88(7,8)133-132-87(5,6)72(97-50(4)112)83(126)102-64(43-66(91)113)79(122)105-70(48(2)110)81(124)100-63)84(127)101-61(39-51-23-26-57(27-24-51)131-37-32-90)77(120)99-62(40-52-22-25-54-18-10-11-19-55(54)38-52)80(123)108-89(30-35-130-36-31-89)86(129)104-60(28-29-68(115)116)75(118)106-71(74(93)117)82(125)103-65(41-53-17-15-33-94-44-53)85(128)109(9)46-67(92)114/h10-11,14-20,22-27,33,38,44-45,48,59-65,70-73,96,110H,12-13,21,28-32,34-37,39-43,46,90H2,1-9H3,(H2,91,113)(H2,92,114)(H2,93,117)(H,95,111)(H,97,112)(H,98,121)(H,99,120)(H,100,124)(H,101,127)(H,102,126)(H,103,125)(H,104,129)(H,105,122)(H,106,118)(H,107,119)(H,108,123)(H,115,116)/t48-,59+,60+,61+,62+,63+,64+,65+,70+,71+,72-,73-/m1/s1. The van der Waals surface area contributed by atoms with Gasteiger partial charge in [0, 0.05) is 131 Å². The molecular weight excluding hydrogens is 1770 g/mol. The molecule has 133 heavy (non-hydrogen) atoms. The molecule has 44 heteroatoms. The number of aromatic amines is 1. The average Bonchev–Trinajstić information content (AvgIpc) is 1.70. The Labute approximate surface area is 774 Å². The van der Waals surface area contributed by atoms with Crippen LogP contribution in [0.5, 0.6) is 5.75 Å². The number of aromatic nitrogens is 2. The number of aliphatic hydroxyl groups excluding tert-OH is 1. The van der Waals surface area contributed by atoms with E-state index in [-0.39, 0.29) is 90.2 Å². The lowest BCUT2D eigenvalue weighted by atomic mass is 9.87. The Hall–Kier alpha value is -13.3. The maximum Gasteiger partial charge on any atom is 0.303 e. The van der Waals surface area contributed by atoms with Crippen LogP contribution in [0.25, 0.3) is 21.7 Å². The number of amides is 17. The fourth-order valence-corrected chi connectivity index (χ4v) is 17.8. The lowest BCUT2D eigenvalue weighted by Crippen LogP contribution is -2.67. The molecule has 4 heterocycles. The van der Waals surface area contributed by atoms with Gasteiger partial charge in [-0.3, -0.25) is 91.3 Å². The predicted molar refractivity (Wildman–Crippen MR) is 489 cm³/mol. The number of primary amides is 3. The summed E-state index contributed by atoms with van der Waals surface area (Å²) < 4.78 is 8.23. The highest BCUT2D eigenvalue weighted by Crippen LogP contribution is 2.47. The van der Waals surface area contributed by atoms with Gasteiger partial charge >= 0.3 is 5.97 Å². The van der Waals surface area contributed by atoms with Crippen LogP contribution in [0.2, 0.25) is 0 Å². The normalized spacial score (nSPS) is 19.6. The number of nitrogens with two attached hydrogens (primary N) is 4. The number of carboxylic acids is 1. The molecule has 2 saturated heterocycles. The third kappa shape index (κ3) is 30.9. The van der Waals surface area contributed by atoms with Crippen LogP contribution in [0.3, 0.4) is 0 Å². The lowest BCUT2D eigenvalue weighted by Gasteiger charge is -2.39. The lowest BCUT2D eigenvalue weighted by molar-refractivity contribution is -0.143. The van der Waals surface area contributed by atoms with Crippen molar-refractivity contribution in [2.24, 2.45) is 22.9 Å². The zero-order valence-electron chi connectivity index (χ0n) is 75.2. The molecule has 2 fully saturated rings. The minimum atomic E-state index is -2.33. The van der Waals surface area contributed by atoms with Gasteiger partial charge in [0.25, 0.3) is 5.91 Å². The molecule has 0 saturated carbocycles. The second-order valence-electron chi connectivity index (χ2n) is 33.8. The maximum absolute atomic E-state index is 16.3. The number of hydrogen-bond acceptors (Lipinski definition) is 25. The van der Waals surface area contributed by atoms with E-state index in [1.54, 1.807) is 85.1 Å². The molecule has 718 valence electrons. The van der Waals surface area contributed by atoms with Crippen LogP contribution in [0, 0.1) is 6.92 Å². The summed E-state index contributed by atoms with van der Waals surface area (Å²) in [5.74, 6) is -19.3. The Morgan fingerprint density at radius 1 is 0.639 bits per heavy atom. The molecule has 2 aliphatic heterocycles. The smallest absolute Gasteiger partial charge is 0.303 e. The number of aliphatic carboxylic acids is 1. The molecule has 6 aromatic rings. The fraction of sp³-hybridized carbons (Fsp3) is 0.472. The third-order valence-electron chi connectivity index (χ3n) is 22.2. The van der Waals surface area contributed by atoms with Crippen molar-refractivity contribution in [3.63, 3.8) is 0 Å². The number of aryl methyl sites for hydroxylation is 1. The van der Waals surface area contributed by atoms with Gasteiger partial charge in [-0.05, 0) is 124 Å². The first-order valence-corrected chi connectivity index (χ1v) is 45.2. The third-order valence-corrected chi connectivity index (χ3v) is 26.4. The van der Waals surface area contributed by atoms with Crippen LogP contribution in [0.15, 0.2) is 116 Å². The van der Waals surface area contributed by atoms with Gasteiger partial charge in [0.05, 0.1) is 19.1 Å². The first kappa shape index (κ1) is 105. The van der Waals surface area contributed by atoms with E-state index < -0.39 is 220 Å². The minimum absolute atomic E-state index is 0.0891.